The molecule has 1 saturated heterocycles. The first-order valence-electron chi connectivity index (χ1n) is 6.32. The molecule has 2 atom stereocenters. The van der Waals surface area contributed by atoms with Crippen molar-refractivity contribution < 1.29 is 9.53 Å². The maximum atomic E-state index is 11.3. The zero-order valence-corrected chi connectivity index (χ0v) is 10.9. The highest BCUT2D eigenvalue weighted by Crippen LogP contribution is 2.20. The van der Waals surface area contributed by atoms with Gasteiger partial charge >= 0.3 is 5.97 Å². The summed E-state index contributed by atoms with van der Waals surface area (Å²) in [6.45, 7) is 3.91. The lowest BCUT2D eigenvalue weighted by atomic mass is 10.1. The number of hydrogen-bond acceptors (Lipinski definition) is 4. The largest absolute Gasteiger partial charge is 0.469 e. The van der Waals surface area contributed by atoms with E-state index in [1.54, 1.807) is 0 Å². The van der Waals surface area contributed by atoms with E-state index in [1.165, 1.54) is 12.8 Å². The molecule has 0 bridgehead atoms. The Kier molecular flexibility index (Phi) is 4.20. The van der Waals surface area contributed by atoms with Crippen molar-refractivity contribution >= 4 is 11.7 Å². The molecule has 1 fully saturated rings. The normalized spacial score (nSPS) is 23.8. The average molecular weight is 248 g/mol. The van der Waals surface area contributed by atoms with Crippen LogP contribution in [0.4, 0.5) is 5.69 Å². The molecule has 1 aliphatic rings. The maximum absolute atomic E-state index is 11.3. The highest BCUT2D eigenvalue weighted by atomic mass is 16.5. The molecule has 1 aromatic rings. The number of ether oxygens (including phenoxy) is 1. The molecule has 4 heteroatoms. The van der Waals surface area contributed by atoms with Crippen LogP contribution in [0, 0.1) is 0 Å². The number of rotatable bonds is 3. The van der Waals surface area contributed by atoms with Crippen LogP contribution < -0.4 is 10.2 Å². The highest BCUT2D eigenvalue weighted by molar-refractivity contribution is 5.70. The number of para-hydroxylation sites is 1. The Labute approximate surface area is 108 Å². The molecule has 98 valence electrons. The van der Waals surface area contributed by atoms with Crippen LogP contribution in [-0.4, -0.2) is 38.3 Å². The third-order valence-electron chi connectivity index (χ3n) is 3.38. The van der Waals surface area contributed by atoms with Crippen molar-refractivity contribution in [3.05, 3.63) is 30.3 Å². The maximum Gasteiger partial charge on any atom is 0.307 e. The molecule has 0 aromatic heterocycles. The number of nitrogens with zero attached hydrogens (tertiary/aromatic N) is 1. The number of nitrogens with one attached hydrogen (secondary N) is 1. The predicted octanol–water partition coefficient (Wildman–Crippen LogP) is 1.42. The molecule has 0 aliphatic carbocycles. The van der Waals surface area contributed by atoms with Crippen molar-refractivity contribution in [2.75, 3.05) is 25.1 Å². The van der Waals surface area contributed by atoms with Gasteiger partial charge in [-0.05, 0) is 19.1 Å². The minimum atomic E-state index is -0.157. The summed E-state index contributed by atoms with van der Waals surface area (Å²) < 4.78 is 4.72. The zero-order chi connectivity index (χ0) is 13.0. The fourth-order valence-electron chi connectivity index (χ4n) is 2.33. The highest BCUT2D eigenvalue weighted by Gasteiger charge is 2.26. The molecular weight excluding hydrogens is 228 g/mol. The van der Waals surface area contributed by atoms with E-state index in [4.69, 9.17) is 4.74 Å². The second-order valence-corrected chi connectivity index (χ2v) is 4.72. The third kappa shape index (κ3) is 3.01. The number of carbonyl (C=O) groups is 1. The summed E-state index contributed by atoms with van der Waals surface area (Å²) >= 11 is 0. The molecule has 1 aromatic carbocycles. The number of carbonyl (C=O) groups excluding carboxylic acids is 1. The molecule has 0 amide bonds. The van der Waals surface area contributed by atoms with Crippen molar-refractivity contribution in [3.8, 4) is 0 Å². The fourth-order valence-corrected chi connectivity index (χ4v) is 2.33. The van der Waals surface area contributed by atoms with Gasteiger partial charge in [0.1, 0.15) is 0 Å². The lowest BCUT2D eigenvalue weighted by Crippen LogP contribution is -2.56. The first-order valence-corrected chi connectivity index (χ1v) is 6.32. The van der Waals surface area contributed by atoms with Gasteiger partial charge in [-0.25, -0.2) is 0 Å². The van der Waals surface area contributed by atoms with E-state index in [0.717, 1.165) is 13.1 Å². The molecule has 0 spiro atoms. The average Bonchev–Trinajstić information content (AvgIpc) is 2.42. The van der Waals surface area contributed by atoms with E-state index in [0.29, 0.717) is 12.5 Å². The van der Waals surface area contributed by atoms with Crippen molar-refractivity contribution in [2.24, 2.45) is 0 Å². The van der Waals surface area contributed by atoms with E-state index in [2.05, 4.69) is 29.3 Å². The van der Waals surface area contributed by atoms with Crippen LogP contribution in [0.1, 0.15) is 13.3 Å². The van der Waals surface area contributed by atoms with Gasteiger partial charge in [0, 0.05) is 30.9 Å². The molecule has 4 nitrogen and oxygen atoms in total. The summed E-state index contributed by atoms with van der Waals surface area (Å²) in [6.07, 6.45) is 0.423. The smallest absolute Gasteiger partial charge is 0.307 e. The van der Waals surface area contributed by atoms with Gasteiger partial charge in [-0.3, -0.25) is 4.79 Å². The van der Waals surface area contributed by atoms with Crippen LogP contribution in [0.3, 0.4) is 0 Å². The second kappa shape index (κ2) is 5.87. The van der Waals surface area contributed by atoms with Crippen LogP contribution in [-0.2, 0) is 9.53 Å². The van der Waals surface area contributed by atoms with E-state index < -0.39 is 0 Å². The Morgan fingerprint density at radius 2 is 2.17 bits per heavy atom. The van der Waals surface area contributed by atoms with Gasteiger partial charge in [0.05, 0.1) is 13.5 Å². The minimum absolute atomic E-state index is 0.157. The van der Waals surface area contributed by atoms with Crippen LogP contribution in [0.2, 0.25) is 0 Å². The molecule has 1 heterocycles. The van der Waals surface area contributed by atoms with Crippen molar-refractivity contribution in [2.45, 2.75) is 25.4 Å². The summed E-state index contributed by atoms with van der Waals surface area (Å²) in [5.41, 5.74) is 1.21. The minimum Gasteiger partial charge on any atom is -0.469 e. The standard InChI is InChI=1S/C14H20N2O2/c1-11-9-15-12(8-14(17)18-2)10-16(11)13-6-4-3-5-7-13/h3-7,11-12,15H,8-10H2,1-2H3. The van der Waals surface area contributed by atoms with Gasteiger partial charge < -0.3 is 15.0 Å². The first-order chi connectivity index (χ1) is 8.70. The lowest BCUT2D eigenvalue weighted by Gasteiger charge is -2.40. The molecule has 1 aliphatic heterocycles. The number of hydrogen-bond donors (Lipinski definition) is 1. The van der Waals surface area contributed by atoms with E-state index in [-0.39, 0.29) is 12.0 Å². The molecular formula is C14H20N2O2. The molecule has 1 N–H and O–H groups in total. The SMILES string of the molecule is COC(=O)CC1CN(c2ccccc2)C(C)CN1. The van der Waals surface area contributed by atoms with Crippen LogP contribution in [0.25, 0.3) is 0 Å². The Hall–Kier alpha value is -1.55. The van der Waals surface area contributed by atoms with Gasteiger partial charge in [0.25, 0.3) is 0 Å². The van der Waals surface area contributed by atoms with E-state index in [1.807, 2.05) is 18.2 Å². The lowest BCUT2D eigenvalue weighted by molar-refractivity contribution is -0.141. The van der Waals surface area contributed by atoms with Crippen LogP contribution in [0.15, 0.2) is 30.3 Å². The Balaban J connectivity index is 2.03. The summed E-state index contributed by atoms with van der Waals surface area (Å²) in [5, 5.41) is 3.39. The van der Waals surface area contributed by atoms with Gasteiger partial charge in [-0.15, -0.1) is 0 Å². The molecule has 2 unspecified atom stereocenters. The summed E-state index contributed by atoms with van der Waals surface area (Å²) in [5.74, 6) is -0.157. The topological polar surface area (TPSA) is 41.6 Å². The van der Waals surface area contributed by atoms with Crippen LogP contribution in [0.5, 0.6) is 0 Å². The summed E-state index contributed by atoms with van der Waals surface area (Å²) in [6, 6.07) is 10.9. The summed E-state index contributed by atoms with van der Waals surface area (Å²) in [7, 11) is 1.43. The number of piperazine rings is 1. The predicted molar refractivity (Wildman–Crippen MR) is 71.7 cm³/mol. The Bertz CT molecular complexity index is 394. The molecule has 0 saturated carbocycles. The molecule has 2 rings (SSSR count). The summed E-state index contributed by atoms with van der Waals surface area (Å²) in [4.78, 5) is 13.7. The van der Waals surface area contributed by atoms with Gasteiger partial charge in [-0.2, -0.15) is 0 Å². The monoisotopic (exact) mass is 248 g/mol. The number of methoxy groups -OCH3 is 1. The van der Waals surface area contributed by atoms with Crippen molar-refractivity contribution in [3.63, 3.8) is 0 Å². The zero-order valence-electron chi connectivity index (χ0n) is 10.9. The van der Waals surface area contributed by atoms with E-state index >= 15 is 0 Å². The Morgan fingerprint density at radius 3 is 2.83 bits per heavy atom. The number of anilines is 1. The third-order valence-corrected chi connectivity index (χ3v) is 3.38. The van der Waals surface area contributed by atoms with Crippen molar-refractivity contribution in [1.82, 2.24) is 5.32 Å². The van der Waals surface area contributed by atoms with Gasteiger partial charge in [0.2, 0.25) is 0 Å². The second-order valence-electron chi connectivity index (χ2n) is 4.72. The van der Waals surface area contributed by atoms with E-state index in [9.17, 15) is 4.79 Å². The number of esters is 1. The van der Waals surface area contributed by atoms with Gasteiger partial charge in [0.15, 0.2) is 0 Å². The quantitative estimate of drug-likeness (QED) is 0.821. The van der Waals surface area contributed by atoms with Crippen LogP contribution >= 0.6 is 0 Å². The number of benzene rings is 1. The fraction of sp³-hybridized carbons (Fsp3) is 0.500. The molecule has 18 heavy (non-hydrogen) atoms. The Morgan fingerprint density at radius 1 is 1.44 bits per heavy atom. The van der Waals surface area contributed by atoms with Gasteiger partial charge in [-0.1, -0.05) is 18.2 Å². The molecule has 0 radical (unpaired) electrons. The van der Waals surface area contributed by atoms with Crippen molar-refractivity contribution in [1.29, 1.82) is 0 Å². The first kappa shape index (κ1) is 12.9.